The van der Waals surface area contributed by atoms with Crippen LogP contribution in [0.5, 0.6) is 0 Å². The van der Waals surface area contributed by atoms with Crippen molar-refractivity contribution in [3.8, 4) is 6.07 Å². The molecule has 1 aromatic carbocycles. The van der Waals surface area contributed by atoms with Crippen molar-refractivity contribution in [1.29, 1.82) is 5.26 Å². The fourth-order valence-electron chi connectivity index (χ4n) is 2.52. The molecule has 1 aliphatic rings. The Balaban J connectivity index is 1.88. The van der Waals surface area contributed by atoms with Gasteiger partial charge in [-0.3, -0.25) is 0 Å². The molecule has 1 aliphatic carbocycles. The van der Waals surface area contributed by atoms with Crippen LogP contribution in [0.4, 0.5) is 5.69 Å². The highest BCUT2D eigenvalue weighted by atomic mass is 14.9. The van der Waals surface area contributed by atoms with E-state index in [4.69, 9.17) is 5.26 Å². The summed E-state index contributed by atoms with van der Waals surface area (Å²) in [5, 5.41) is 12.4. The molecule has 0 bridgehead atoms. The molecule has 0 heterocycles. The molecule has 1 aromatic rings. The first-order valence-electron chi connectivity index (χ1n) is 6.52. The van der Waals surface area contributed by atoms with Gasteiger partial charge in [-0.2, -0.15) is 5.26 Å². The first kappa shape index (κ1) is 12.0. The molecule has 1 fully saturated rings. The Hall–Kier alpha value is -1.49. The van der Waals surface area contributed by atoms with Gasteiger partial charge in [0, 0.05) is 6.54 Å². The number of nitrogens with zero attached hydrogens (tertiary/aromatic N) is 1. The molecule has 0 spiro atoms. The van der Waals surface area contributed by atoms with E-state index in [9.17, 15) is 0 Å². The van der Waals surface area contributed by atoms with E-state index in [0.717, 1.165) is 29.6 Å². The minimum Gasteiger partial charge on any atom is -0.384 e. The number of hydrogen-bond donors (Lipinski definition) is 1. The van der Waals surface area contributed by atoms with Crippen LogP contribution in [0.25, 0.3) is 0 Å². The zero-order valence-electron chi connectivity index (χ0n) is 10.4. The quantitative estimate of drug-likeness (QED) is 0.854. The monoisotopic (exact) mass is 228 g/mol. The standard InChI is InChI=1S/C15H20N2/c1-12-6-8-13(9-7-12)11-17-15-5-3-2-4-14(15)10-16/h2-5,12-13,17H,6-9,11H2,1H3. The molecule has 0 atom stereocenters. The Bertz CT molecular complexity index is 398. The molecule has 0 amide bonds. The highest BCUT2D eigenvalue weighted by molar-refractivity contribution is 5.57. The van der Waals surface area contributed by atoms with Gasteiger partial charge in [-0.25, -0.2) is 0 Å². The normalized spacial score (nSPS) is 24.0. The molecule has 90 valence electrons. The molecule has 17 heavy (non-hydrogen) atoms. The van der Waals surface area contributed by atoms with Crippen molar-refractivity contribution in [1.82, 2.24) is 0 Å². The van der Waals surface area contributed by atoms with Crippen LogP contribution in [-0.2, 0) is 0 Å². The summed E-state index contributed by atoms with van der Waals surface area (Å²) < 4.78 is 0. The van der Waals surface area contributed by atoms with Gasteiger partial charge < -0.3 is 5.32 Å². The lowest BCUT2D eigenvalue weighted by molar-refractivity contribution is 0.300. The first-order chi connectivity index (χ1) is 8.29. The van der Waals surface area contributed by atoms with Gasteiger partial charge in [-0.05, 0) is 36.8 Å². The summed E-state index contributed by atoms with van der Waals surface area (Å²) in [6.45, 7) is 3.35. The Morgan fingerprint density at radius 3 is 2.65 bits per heavy atom. The summed E-state index contributed by atoms with van der Waals surface area (Å²) in [7, 11) is 0. The van der Waals surface area contributed by atoms with E-state index >= 15 is 0 Å². The molecule has 2 nitrogen and oxygen atoms in total. The third kappa shape index (κ3) is 3.23. The second kappa shape index (κ2) is 5.72. The zero-order chi connectivity index (χ0) is 12.1. The number of rotatable bonds is 3. The zero-order valence-corrected chi connectivity index (χ0v) is 10.4. The van der Waals surface area contributed by atoms with Crippen LogP contribution < -0.4 is 5.32 Å². The Kier molecular flexibility index (Phi) is 4.03. The third-order valence-electron chi connectivity index (χ3n) is 3.76. The Morgan fingerprint density at radius 1 is 1.24 bits per heavy atom. The summed E-state index contributed by atoms with van der Waals surface area (Å²) in [5.74, 6) is 1.68. The van der Waals surface area contributed by atoms with Crippen molar-refractivity contribution in [3.05, 3.63) is 29.8 Å². The maximum Gasteiger partial charge on any atom is 0.101 e. The van der Waals surface area contributed by atoms with Gasteiger partial charge >= 0.3 is 0 Å². The van der Waals surface area contributed by atoms with Crippen molar-refractivity contribution in [3.63, 3.8) is 0 Å². The van der Waals surface area contributed by atoms with Crippen LogP contribution in [0.15, 0.2) is 24.3 Å². The summed E-state index contributed by atoms with van der Waals surface area (Å²) in [6, 6.07) is 9.97. The molecule has 0 unspecified atom stereocenters. The van der Waals surface area contributed by atoms with Gasteiger partial charge in [-0.1, -0.05) is 31.9 Å². The molecular formula is C15H20N2. The molecule has 0 aliphatic heterocycles. The second-order valence-electron chi connectivity index (χ2n) is 5.16. The average Bonchev–Trinajstić information content (AvgIpc) is 2.38. The maximum atomic E-state index is 9.00. The van der Waals surface area contributed by atoms with Crippen LogP contribution >= 0.6 is 0 Å². The molecule has 0 saturated heterocycles. The summed E-state index contributed by atoms with van der Waals surface area (Å²) in [4.78, 5) is 0. The van der Waals surface area contributed by atoms with Gasteiger partial charge in [0.15, 0.2) is 0 Å². The largest absolute Gasteiger partial charge is 0.384 e. The topological polar surface area (TPSA) is 35.8 Å². The third-order valence-corrected chi connectivity index (χ3v) is 3.76. The smallest absolute Gasteiger partial charge is 0.101 e. The van der Waals surface area contributed by atoms with Gasteiger partial charge in [-0.15, -0.1) is 0 Å². The van der Waals surface area contributed by atoms with E-state index in [1.165, 1.54) is 25.7 Å². The highest BCUT2D eigenvalue weighted by Gasteiger charge is 2.17. The predicted molar refractivity (Wildman–Crippen MR) is 70.8 cm³/mol. The minimum absolute atomic E-state index is 0.747. The van der Waals surface area contributed by atoms with Gasteiger partial charge in [0.2, 0.25) is 0 Å². The van der Waals surface area contributed by atoms with Crippen LogP contribution in [0.1, 0.15) is 38.2 Å². The highest BCUT2D eigenvalue weighted by Crippen LogP contribution is 2.28. The lowest BCUT2D eigenvalue weighted by Gasteiger charge is -2.26. The van der Waals surface area contributed by atoms with Crippen molar-refractivity contribution in [2.75, 3.05) is 11.9 Å². The molecule has 1 saturated carbocycles. The second-order valence-corrected chi connectivity index (χ2v) is 5.16. The maximum absolute atomic E-state index is 9.00. The van der Waals surface area contributed by atoms with E-state index in [2.05, 4.69) is 18.3 Å². The average molecular weight is 228 g/mol. The van der Waals surface area contributed by atoms with Crippen LogP contribution in [0.2, 0.25) is 0 Å². The molecule has 0 radical (unpaired) electrons. The first-order valence-corrected chi connectivity index (χ1v) is 6.52. The van der Waals surface area contributed by atoms with Gasteiger partial charge in [0.05, 0.1) is 11.3 Å². The van der Waals surface area contributed by atoms with E-state index in [1.807, 2.05) is 24.3 Å². The number of benzene rings is 1. The molecule has 1 N–H and O–H groups in total. The predicted octanol–water partition coefficient (Wildman–Crippen LogP) is 3.80. The van der Waals surface area contributed by atoms with Crippen molar-refractivity contribution in [2.45, 2.75) is 32.6 Å². The summed E-state index contributed by atoms with van der Waals surface area (Å²) >= 11 is 0. The SMILES string of the molecule is CC1CCC(CNc2ccccc2C#N)CC1. The Morgan fingerprint density at radius 2 is 1.94 bits per heavy atom. The fourth-order valence-corrected chi connectivity index (χ4v) is 2.52. The van der Waals surface area contributed by atoms with E-state index in [-0.39, 0.29) is 0 Å². The number of hydrogen-bond acceptors (Lipinski definition) is 2. The lowest BCUT2D eigenvalue weighted by atomic mass is 9.83. The van der Waals surface area contributed by atoms with Crippen molar-refractivity contribution in [2.24, 2.45) is 11.8 Å². The molecular weight excluding hydrogens is 208 g/mol. The summed E-state index contributed by atoms with van der Waals surface area (Å²) in [5.41, 5.74) is 1.73. The number of para-hydroxylation sites is 1. The minimum atomic E-state index is 0.747. The van der Waals surface area contributed by atoms with Crippen molar-refractivity contribution < 1.29 is 0 Å². The van der Waals surface area contributed by atoms with Gasteiger partial charge in [0.25, 0.3) is 0 Å². The van der Waals surface area contributed by atoms with E-state index < -0.39 is 0 Å². The molecule has 2 heteroatoms. The molecule has 0 aromatic heterocycles. The number of nitriles is 1. The van der Waals surface area contributed by atoms with Crippen LogP contribution in [0.3, 0.4) is 0 Å². The Labute approximate surface area is 104 Å². The lowest BCUT2D eigenvalue weighted by Crippen LogP contribution is -2.20. The van der Waals surface area contributed by atoms with Gasteiger partial charge in [0.1, 0.15) is 6.07 Å². The van der Waals surface area contributed by atoms with Crippen LogP contribution in [-0.4, -0.2) is 6.54 Å². The fraction of sp³-hybridized carbons (Fsp3) is 0.533. The van der Waals surface area contributed by atoms with E-state index in [1.54, 1.807) is 0 Å². The molecule has 2 rings (SSSR count). The van der Waals surface area contributed by atoms with Crippen LogP contribution in [0, 0.1) is 23.2 Å². The number of nitrogens with one attached hydrogen (secondary N) is 1. The number of anilines is 1. The summed E-state index contributed by atoms with van der Waals surface area (Å²) in [6.07, 6.45) is 5.35. The van der Waals surface area contributed by atoms with E-state index in [0.29, 0.717) is 0 Å². The van der Waals surface area contributed by atoms with Crippen molar-refractivity contribution >= 4 is 5.69 Å².